The van der Waals surface area contributed by atoms with Crippen molar-refractivity contribution in [2.75, 3.05) is 38.7 Å². The van der Waals surface area contributed by atoms with Gasteiger partial charge in [0.2, 0.25) is 0 Å². The summed E-state index contributed by atoms with van der Waals surface area (Å²) in [5.41, 5.74) is 2.30. The Morgan fingerprint density at radius 1 is 1.38 bits per heavy atom. The fourth-order valence-corrected chi connectivity index (χ4v) is 3.23. The highest BCUT2D eigenvalue weighted by Crippen LogP contribution is 2.27. The molecular formula is C15H20N4OS. The molecule has 1 aliphatic rings. The van der Waals surface area contributed by atoms with Gasteiger partial charge in [0, 0.05) is 46.1 Å². The van der Waals surface area contributed by atoms with Crippen molar-refractivity contribution in [3.63, 3.8) is 0 Å². The lowest BCUT2D eigenvalue weighted by Crippen LogP contribution is -2.38. The van der Waals surface area contributed by atoms with Crippen LogP contribution in [0, 0.1) is 0 Å². The number of aromatic nitrogens is 2. The Kier molecular flexibility index (Phi) is 4.48. The molecule has 2 aromatic heterocycles. The second-order valence-electron chi connectivity index (χ2n) is 5.39. The first-order valence-electron chi connectivity index (χ1n) is 7.07. The van der Waals surface area contributed by atoms with Gasteiger partial charge >= 0.3 is 0 Å². The van der Waals surface area contributed by atoms with E-state index in [0.717, 1.165) is 37.8 Å². The maximum atomic E-state index is 5.94. The smallest absolute Gasteiger partial charge is 0.152 e. The zero-order chi connectivity index (χ0) is 14.7. The predicted octanol–water partition coefficient (Wildman–Crippen LogP) is 2.18. The molecule has 0 bridgehead atoms. The van der Waals surface area contributed by atoms with Gasteiger partial charge in [-0.05, 0) is 22.4 Å². The Labute approximate surface area is 129 Å². The summed E-state index contributed by atoms with van der Waals surface area (Å²) in [7, 11) is 3.97. The van der Waals surface area contributed by atoms with Crippen molar-refractivity contribution in [2.45, 2.75) is 12.6 Å². The Balaban J connectivity index is 1.74. The van der Waals surface area contributed by atoms with Gasteiger partial charge in [-0.15, -0.1) is 0 Å². The van der Waals surface area contributed by atoms with E-state index in [1.54, 1.807) is 23.7 Å². The van der Waals surface area contributed by atoms with Crippen LogP contribution in [0.1, 0.15) is 17.4 Å². The topological polar surface area (TPSA) is 41.5 Å². The van der Waals surface area contributed by atoms with Crippen molar-refractivity contribution in [1.29, 1.82) is 0 Å². The molecule has 3 rings (SSSR count). The normalized spacial score (nSPS) is 19.6. The second-order valence-corrected chi connectivity index (χ2v) is 6.17. The molecule has 21 heavy (non-hydrogen) atoms. The second kappa shape index (κ2) is 6.51. The van der Waals surface area contributed by atoms with Gasteiger partial charge in [-0.25, -0.2) is 4.98 Å². The van der Waals surface area contributed by atoms with E-state index in [1.807, 2.05) is 19.0 Å². The standard InChI is InChI=1S/C15H20N4OS/c1-18(2)15-14(16-4-5-17-15)13-10-19(6-7-20-13)9-12-3-8-21-11-12/h3-5,8,11,13H,6-7,9-10H2,1-2H3/t13-/m0/s1. The van der Waals surface area contributed by atoms with E-state index < -0.39 is 0 Å². The Bertz CT molecular complexity index is 573. The molecule has 0 aromatic carbocycles. The van der Waals surface area contributed by atoms with Crippen LogP contribution in [0.5, 0.6) is 0 Å². The van der Waals surface area contributed by atoms with E-state index >= 15 is 0 Å². The highest BCUT2D eigenvalue weighted by atomic mass is 32.1. The number of ether oxygens (including phenoxy) is 1. The Morgan fingerprint density at radius 3 is 3.00 bits per heavy atom. The molecule has 5 nitrogen and oxygen atoms in total. The number of morpholine rings is 1. The lowest BCUT2D eigenvalue weighted by Gasteiger charge is -2.33. The fourth-order valence-electron chi connectivity index (χ4n) is 2.57. The van der Waals surface area contributed by atoms with Crippen molar-refractivity contribution in [3.8, 4) is 0 Å². The van der Waals surface area contributed by atoms with Gasteiger partial charge in [-0.2, -0.15) is 11.3 Å². The summed E-state index contributed by atoms with van der Waals surface area (Å²) in [6, 6.07) is 2.18. The van der Waals surface area contributed by atoms with Crippen LogP contribution in [0.25, 0.3) is 0 Å². The van der Waals surface area contributed by atoms with Gasteiger partial charge in [-0.3, -0.25) is 9.88 Å². The van der Waals surface area contributed by atoms with Gasteiger partial charge in [-0.1, -0.05) is 0 Å². The summed E-state index contributed by atoms with van der Waals surface area (Å²) in [5.74, 6) is 0.889. The van der Waals surface area contributed by atoms with Crippen molar-refractivity contribution in [2.24, 2.45) is 0 Å². The average Bonchev–Trinajstić information content (AvgIpc) is 3.00. The van der Waals surface area contributed by atoms with E-state index in [1.165, 1.54) is 5.56 Å². The van der Waals surface area contributed by atoms with Crippen molar-refractivity contribution < 1.29 is 4.74 Å². The minimum absolute atomic E-state index is 0.0107. The highest BCUT2D eigenvalue weighted by Gasteiger charge is 2.26. The third-order valence-corrected chi connectivity index (χ3v) is 4.30. The molecule has 0 aliphatic carbocycles. The summed E-state index contributed by atoms with van der Waals surface area (Å²) in [4.78, 5) is 13.3. The summed E-state index contributed by atoms with van der Waals surface area (Å²) < 4.78 is 5.94. The maximum Gasteiger partial charge on any atom is 0.152 e. The Morgan fingerprint density at radius 2 is 2.24 bits per heavy atom. The van der Waals surface area contributed by atoms with Gasteiger partial charge in [0.25, 0.3) is 0 Å². The number of hydrogen-bond donors (Lipinski definition) is 0. The van der Waals surface area contributed by atoms with E-state index in [9.17, 15) is 0 Å². The molecule has 1 atom stereocenters. The number of nitrogens with zero attached hydrogens (tertiary/aromatic N) is 4. The molecular weight excluding hydrogens is 284 g/mol. The largest absolute Gasteiger partial charge is 0.369 e. The zero-order valence-electron chi connectivity index (χ0n) is 12.4. The molecule has 1 fully saturated rings. The van der Waals surface area contributed by atoms with E-state index in [-0.39, 0.29) is 6.10 Å². The third-order valence-electron chi connectivity index (χ3n) is 3.57. The third kappa shape index (κ3) is 3.40. The van der Waals surface area contributed by atoms with Gasteiger partial charge < -0.3 is 9.64 Å². The lowest BCUT2D eigenvalue weighted by atomic mass is 10.1. The predicted molar refractivity (Wildman–Crippen MR) is 84.6 cm³/mol. The molecule has 1 aliphatic heterocycles. The van der Waals surface area contributed by atoms with Gasteiger partial charge in [0.1, 0.15) is 11.8 Å². The first-order chi connectivity index (χ1) is 10.2. The van der Waals surface area contributed by atoms with E-state index in [4.69, 9.17) is 4.74 Å². The van der Waals surface area contributed by atoms with Crippen LogP contribution >= 0.6 is 11.3 Å². The van der Waals surface area contributed by atoms with Crippen molar-refractivity contribution in [3.05, 3.63) is 40.5 Å². The van der Waals surface area contributed by atoms with E-state index in [2.05, 4.69) is 31.7 Å². The number of thiophene rings is 1. The minimum atomic E-state index is -0.0107. The molecule has 0 radical (unpaired) electrons. The monoisotopic (exact) mass is 304 g/mol. The van der Waals surface area contributed by atoms with Crippen molar-refractivity contribution >= 4 is 17.2 Å². The average molecular weight is 304 g/mol. The molecule has 6 heteroatoms. The molecule has 0 saturated carbocycles. The quantitative estimate of drug-likeness (QED) is 0.866. The summed E-state index contributed by atoms with van der Waals surface area (Å²) in [6.07, 6.45) is 3.46. The van der Waals surface area contributed by atoms with Crippen LogP contribution in [0.2, 0.25) is 0 Å². The summed E-state index contributed by atoms with van der Waals surface area (Å²) in [6.45, 7) is 3.53. The van der Waals surface area contributed by atoms with Gasteiger partial charge in [0.15, 0.2) is 5.82 Å². The minimum Gasteiger partial charge on any atom is -0.369 e. The molecule has 3 heterocycles. The molecule has 0 unspecified atom stereocenters. The van der Waals surface area contributed by atoms with Crippen LogP contribution < -0.4 is 4.90 Å². The first kappa shape index (κ1) is 14.4. The van der Waals surface area contributed by atoms with Crippen LogP contribution in [0.4, 0.5) is 5.82 Å². The Hall–Kier alpha value is -1.50. The molecule has 112 valence electrons. The molecule has 1 saturated heterocycles. The molecule has 0 N–H and O–H groups in total. The highest BCUT2D eigenvalue weighted by molar-refractivity contribution is 7.07. The molecule has 2 aromatic rings. The summed E-state index contributed by atoms with van der Waals surface area (Å²) in [5, 5.41) is 4.33. The first-order valence-corrected chi connectivity index (χ1v) is 8.01. The van der Waals surface area contributed by atoms with Crippen LogP contribution in [0.15, 0.2) is 29.2 Å². The zero-order valence-corrected chi connectivity index (χ0v) is 13.2. The number of hydrogen-bond acceptors (Lipinski definition) is 6. The lowest BCUT2D eigenvalue weighted by molar-refractivity contribution is -0.0348. The van der Waals surface area contributed by atoms with Gasteiger partial charge in [0.05, 0.1) is 6.61 Å². The van der Waals surface area contributed by atoms with Crippen LogP contribution in [-0.2, 0) is 11.3 Å². The maximum absolute atomic E-state index is 5.94. The molecule has 0 amide bonds. The van der Waals surface area contributed by atoms with E-state index in [0.29, 0.717) is 0 Å². The van der Waals surface area contributed by atoms with Crippen molar-refractivity contribution in [1.82, 2.24) is 14.9 Å². The SMILES string of the molecule is CN(C)c1nccnc1[C@@H]1CN(Cc2ccsc2)CCO1. The number of anilines is 1. The number of rotatable bonds is 4. The summed E-state index contributed by atoms with van der Waals surface area (Å²) >= 11 is 1.74. The van der Waals surface area contributed by atoms with Crippen LogP contribution in [0.3, 0.4) is 0 Å². The van der Waals surface area contributed by atoms with Crippen LogP contribution in [-0.4, -0.2) is 48.7 Å². The molecule has 0 spiro atoms. The fraction of sp³-hybridized carbons (Fsp3) is 0.467.